The van der Waals surface area contributed by atoms with E-state index in [1.54, 1.807) is 0 Å². The molecule has 0 aromatic heterocycles. The van der Waals surface area contributed by atoms with Crippen molar-refractivity contribution in [2.24, 2.45) is 5.92 Å². The molecule has 0 radical (unpaired) electrons. The Labute approximate surface area is 120 Å². The van der Waals surface area contributed by atoms with Gasteiger partial charge in [-0.1, -0.05) is 49.0 Å². The minimum absolute atomic E-state index is 0.688. The number of rotatable bonds is 7. The van der Waals surface area contributed by atoms with Crippen LogP contribution >= 0.6 is 15.9 Å². The van der Waals surface area contributed by atoms with Gasteiger partial charge >= 0.3 is 0 Å². The third-order valence-electron chi connectivity index (χ3n) is 3.47. The molecule has 0 saturated carbocycles. The fourth-order valence-corrected chi connectivity index (χ4v) is 2.47. The molecule has 0 heterocycles. The van der Waals surface area contributed by atoms with Crippen molar-refractivity contribution in [3.8, 4) is 5.75 Å². The molecule has 18 heavy (non-hydrogen) atoms. The van der Waals surface area contributed by atoms with E-state index >= 15 is 0 Å². The summed E-state index contributed by atoms with van der Waals surface area (Å²) in [4.78, 5) is 0. The average Bonchev–Trinajstić information content (AvgIpc) is 2.35. The monoisotopic (exact) mass is 312 g/mol. The van der Waals surface area contributed by atoms with Gasteiger partial charge in [0, 0.05) is 4.47 Å². The van der Waals surface area contributed by atoms with Crippen molar-refractivity contribution in [1.82, 2.24) is 0 Å². The highest BCUT2D eigenvalue weighted by Gasteiger charge is 2.09. The van der Waals surface area contributed by atoms with Crippen LogP contribution in [0.2, 0.25) is 0 Å². The zero-order chi connectivity index (χ0) is 13.5. The van der Waals surface area contributed by atoms with E-state index < -0.39 is 0 Å². The number of hydrogen-bond donors (Lipinski definition) is 0. The third-order valence-corrected chi connectivity index (χ3v) is 4.33. The van der Waals surface area contributed by atoms with Crippen LogP contribution in [0.5, 0.6) is 5.75 Å². The van der Waals surface area contributed by atoms with Gasteiger partial charge in [-0.3, -0.25) is 0 Å². The second-order valence-electron chi connectivity index (χ2n) is 5.09. The first kappa shape index (κ1) is 15.6. The smallest absolute Gasteiger partial charge is 0.122 e. The van der Waals surface area contributed by atoms with Gasteiger partial charge in [-0.2, -0.15) is 0 Å². The number of hydrogen-bond acceptors (Lipinski definition) is 1. The van der Waals surface area contributed by atoms with Crippen LogP contribution < -0.4 is 4.74 Å². The second kappa shape index (κ2) is 7.83. The van der Waals surface area contributed by atoms with Crippen molar-refractivity contribution in [3.63, 3.8) is 0 Å². The molecule has 1 aromatic carbocycles. The van der Waals surface area contributed by atoms with Crippen LogP contribution in [0, 0.1) is 19.8 Å². The highest BCUT2D eigenvalue weighted by molar-refractivity contribution is 9.10. The molecule has 0 amide bonds. The molecule has 0 aliphatic rings. The van der Waals surface area contributed by atoms with E-state index in [1.165, 1.54) is 36.8 Å². The van der Waals surface area contributed by atoms with Crippen LogP contribution in [-0.4, -0.2) is 6.61 Å². The van der Waals surface area contributed by atoms with Gasteiger partial charge in [0.1, 0.15) is 5.75 Å². The first-order chi connectivity index (χ1) is 8.58. The summed E-state index contributed by atoms with van der Waals surface area (Å²) in [6.07, 6.45) is 5.06. The second-order valence-corrected chi connectivity index (χ2v) is 5.95. The van der Waals surface area contributed by atoms with Crippen LogP contribution in [0.25, 0.3) is 0 Å². The fourth-order valence-electron chi connectivity index (χ4n) is 2.02. The Bertz CT molecular complexity index is 374. The summed E-state index contributed by atoms with van der Waals surface area (Å²) in [7, 11) is 0. The van der Waals surface area contributed by atoms with Gasteiger partial charge in [0.15, 0.2) is 0 Å². The molecule has 1 unspecified atom stereocenters. The normalized spacial score (nSPS) is 12.5. The molecular formula is C16H25BrO. The molecule has 0 saturated heterocycles. The van der Waals surface area contributed by atoms with Crippen LogP contribution in [0.3, 0.4) is 0 Å². The van der Waals surface area contributed by atoms with Gasteiger partial charge in [-0.15, -0.1) is 0 Å². The lowest BCUT2D eigenvalue weighted by atomic mass is 10.0. The van der Waals surface area contributed by atoms with Crippen molar-refractivity contribution < 1.29 is 4.74 Å². The van der Waals surface area contributed by atoms with Gasteiger partial charge in [0.05, 0.1) is 6.61 Å². The van der Waals surface area contributed by atoms with E-state index in [1.807, 2.05) is 0 Å². The van der Waals surface area contributed by atoms with Crippen molar-refractivity contribution in [2.75, 3.05) is 6.61 Å². The maximum atomic E-state index is 6.00. The Hall–Kier alpha value is -0.500. The number of benzene rings is 1. The largest absolute Gasteiger partial charge is 0.493 e. The zero-order valence-corrected chi connectivity index (χ0v) is 13.6. The Balaban J connectivity index is 2.59. The van der Waals surface area contributed by atoms with E-state index in [9.17, 15) is 0 Å². The van der Waals surface area contributed by atoms with Gasteiger partial charge in [0.25, 0.3) is 0 Å². The molecule has 102 valence electrons. The summed E-state index contributed by atoms with van der Waals surface area (Å²) >= 11 is 3.55. The Kier molecular flexibility index (Phi) is 6.77. The Morgan fingerprint density at radius 1 is 1.17 bits per heavy atom. The molecule has 1 aromatic rings. The minimum Gasteiger partial charge on any atom is -0.493 e. The molecular weight excluding hydrogens is 288 g/mol. The van der Waals surface area contributed by atoms with E-state index in [0.29, 0.717) is 5.92 Å². The Morgan fingerprint density at radius 3 is 2.50 bits per heavy atom. The SMILES string of the molecule is CCCCC(CC)COc1cc(C)c(Br)cc1C. The number of ether oxygens (including phenoxy) is 1. The first-order valence-electron chi connectivity index (χ1n) is 6.98. The molecule has 0 bridgehead atoms. The molecule has 0 aliphatic heterocycles. The topological polar surface area (TPSA) is 9.23 Å². The summed E-state index contributed by atoms with van der Waals surface area (Å²) in [5.74, 6) is 1.72. The molecule has 0 N–H and O–H groups in total. The lowest BCUT2D eigenvalue weighted by Crippen LogP contribution is -2.12. The summed E-state index contributed by atoms with van der Waals surface area (Å²) < 4.78 is 7.16. The molecule has 2 heteroatoms. The van der Waals surface area contributed by atoms with Crippen molar-refractivity contribution in [3.05, 3.63) is 27.7 Å². The maximum Gasteiger partial charge on any atom is 0.122 e. The number of aryl methyl sites for hydroxylation is 2. The molecule has 0 fully saturated rings. The number of halogens is 1. The minimum atomic E-state index is 0.688. The summed E-state index contributed by atoms with van der Waals surface area (Å²) in [6.45, 7) is 9.55. The average molecular weight is 313 g/mol. The van der Waals surface area contributed by atoms with Crippen LogP contribution in [0.1, 0.15) is 50.7 Å². The van der Waals surface area contributed by atoms with Gasteiger partial charge < -0.3 is 4.74 Å². The summed E-state index contributed by atoms with van der Waals surface area (Å²) in [6, 6.07) is 4.27. The van der Waals surface area contributed by atoms with Crippen molar-refractivity contribution in [1.29, 1.82) is 0 Å². The fraction of sp³-hybridized carbons (Fsp3) is 0.625. The van der Waals surface area contributed by atoms with Crippen molar-refractivity contribution in [2.45, 2.75) is 53.4 Å². The molecule has 0 aliphatic carbocycles. The van der Waals surface area contributed by atoms with Crippen LogP contribution in [0.4, 0.5) is 0 Å². The van der Waals surface area contributed by atoms with Crippen LogP contribution in [0.15, 0.2) is 16.6 Å². The highest BCUT2D eigenvalue weighted by atomic mass is 79.9. The van der Waals surface area contributed by atoms with Gasteiger partial charge in [0.2, 0.25) is 0 Å². The standard InChI is InChI=1S/C16H25BrO/c1-5-7-8-14(6-2)11-18-16-10-12(3)15(17)9-13(16)4/h9-10,14H,5-8,11H2,1-4H3. The maximum absolute atomic E-state index is 6.00. The summed E-state index contributed by atoms with van der Waals surface area (Å²) in [5, 5.41) is 0. The Morgan fingerprint density at radius 2 is 1.89 bits per heavy atom. The van der Waals surface area contributed by atoms with Gasteiger partial charge in [-0.05, 0) is 49.4 Å². The first-order valence-corrected chi connectivity index (χ1v) is 7.77. The molecule has 1 rings (SSSR count). The predicted octanol–water partition coefficient (Wildman–Crippen LogP) is 5.66. The quantitative estimate of drug-likeness (QED) is 0.631. The number of unbranched alkanes of at least 4 members (excludes halogenated alkanes) is 1. The van der Waals surface area contributed by atoms with E-state index in [4.69, 9.17) is 4.74 Å². The van der Waals surface area contributed by atoms with Gasteiger partial charge in [-0.25, -0.2) is 0 Å². The lowest BCUT2D eigenvalue weighted by Gasteiger charge is -2.17. The van der Waals surface area contributed by atoms with E-state index in [0.717, 1.165) is 16.8 Å². The lowest BCUT2D eigenvalue weighted by molar-refractivity contribution is 0.232. The molecule has 1 nitrogen and oxygen atoms in total. The van der Waals surface area contributed by atoms with Crippen molar-refractivity contribution >= 4 is 15.9 Å². The third kappa shape index (κ3) is 4.64. The zero-order valence-electron chi connectivity index (χ0n) is 12.1. The van der Waals surface area contributed by atoms with E-state index in [-0.39, 0.29) is 0 Å². The molecule has 1 atom stereocenters. The molecule has 0 spiro atoms. The predicted molar refractivity (Wildman–Crippen MR) is 82.4 cm³/mol. The van der Waals surface area contributed by atoms with Crippen LogP contribution in [-0.2, 0) is 0 Å². The van der Waals surface area contributed by atoms with E-state index in [2.05, 4.69) is 55.8 Å². The highest BCUT2D eigenvalue weighted by Crippen LogP contribution is 2.27. The summed E-state index contributed by atoms with van der Waals surface area (Å²) in [5.41, 5.74) is 2.44.